The molecule has 1 aliphatic rings. The second kappa shape index (κ2) is 8.60. The number of carbonyl (C=O) groups is 2. The monoisotopic (exact) mass is 449 g/mol. The van der Waals surface area contributed by atoms with Crippen molar-refractivity contribution in [2.24, 2.45) is 0 Å². The molecule has 31 heavy (non-hydrogen) atoms. The number of carbonyl (C=O) groups excluding carboxylic acids is 2. The van der Waals surface area contributed by atoms with Crippen LogP contribution in [0.5, 0.6) is 0 Å². The van der Waals surface area contributed by atoms with Crippen LogP contribution in [-0.2, 0) is 12.3 Å². The minimum Gasteiger partial charge on any atom is -0.274 e. The number of unbranched alkanes of at least 4 members (excludes halogenated alkanes) is 1. The summed E-state index contributed by atoms with van der Waals surface area (Å²) in [6.45, 7) is 1.11. The Bertz CT molecular complexity index is 1200. The van der Waals surface area contributed by atoms with E-state index in [-0.39, 0.29) is 11.8 Å². The van der Waals surface area contributed by atoms with Crippen molar-refractivity contribution in [3.8, 4) is 0 Å². The number of nitrogens with zero attached hydrogens (tertiary/aromatic N) is 5. The van der Waals surface area contributed by atoms with Crippen molar-refractivity contribution in [3.05, 3.63) is 71.5 Å². The summed E-state index contributed by atoms with van der Waals surface area (Å²) in [5, 5.41) is 8.43. The lowest BCUT2D eigenvalue weighted by Crippen LogP contribution is -2.30. The largest absolute Gasteiger partial charge is 0.274 e. The topological polar surface area (TPSA) is 81.0 Å². The van der Waals surface area contributed by atoms with Gasteiger partial charge in [0.1, 0.15) is 0 Å². The SMILES string of the molecule is O=C1c2ccccc2C(=O)N1CCCCn1cc(CSc2nc3ccccc3s2)nn1. The lowest BCUT2D eigenvalue weighted by Gasteiger charge is -2.13. The van der Waals surface area contributed by atoms with Gasteiger partial charge in [-0.2, -0.15) is 0 Å². The molecule has 7 nitrogen and oxygen atoms in total. The van der Waals surface area contributed by atoms with Crippen molar-refractivity contribution in [2.75, 3.05) is 6.54 Å². The van der Waals surface area contributed by atoms with Crippen LogP contribution >= 0.6 is 23.1 Å². The van der Waals surface area contributed by atoms with Crippen molar-refractivity contribution in [2.45, 2.75) is 29.5 Å². The molecule has 0 spiro atoms. The van der Waals surface area contributed by atoms with Gasteiger partial charge in [0.15, 0.2) is 4.34 Å². The van der Waals surface area contributed by atoms with E-state index in [1.807, 2.05) is 29.1 Å². The number of thioether (sulfide) groups is 1. The molecule has 0 fully saturated rings. The first-order chi connectivity index (χ1) is 15.2. The Labute approximate surface area is 187 Å². The maximum Gasteiger partial charge on any atom is 0.261 e. The van der Waals surface area contributed by atoms with Crippen LogP contribution in [0.4, 0.5) is 0 Å². The molecular weight excluding hydrogens is 430 g/mol. The normalized spacial score (nSPS) is 13.4. The molecule has 0 N–H and O–H groups in total. The third kappa shape index (κ3) is 4.11. The number of fused-ring (bicyclic) bond motifs is 2. The Balaban J connectivity index is 1.09. The van der Waals surface area contributed by atoms with E-state index < -0.39 is 0 Å². The number of para-hydroxylation sites is 1. The highest BCUT2D eigenvalue weighted by atomic mass is 32.2. The maximum absolute atomic E-state index is 12.4. The third-order valence-corrected chi connectivity index (χ3v) is 7.31. The Kier molecular flexibility index (Phi) is 5.52. The first kappa shape index (κ1) is 19.9. The molecule has 2 aromatic heterocycles. The molecule has 5 rings (SSSR count). The highest BCUT2D eigenvalue weighted by Gasteiger charge is 2.34. The molecule has 2 amide bonds. The van der Waals surface area contributed by atoms with E-state index >= 15 is 0 Å². The van der Waals surface area contributed by atoms with Gasteiger partial charge in [0.05, 0.1) is 27.0 Å². The minimum absolute atomic E-state index is 0.199. The molecular formula is C22H19N5O2S2. The highest BCUT2D eigenvalue weighted by molar-refractivity contribution is 8.00. The first-order valence-electron chi connectivity index (χ1n) is 10.0. The van der Waals surface area contributed by atoms with Gasteiger partial charge in [-0.15, -0.1) is 16.4 Å². The van der Waals surface area contributed by atoms with E-state index in [4.69, 9.17) is 0 Å². The predicted molar refractivity (Wildman–Crippen MR) is 120 cm³/mol. The van der Waals surface area contributed by atoms with Gasteiger partial charge in [-0.05, 0) is 37.1 Å². The van der Waals surface area contributed by atoms with E-state index in [1.54, 1.807) is 47.4 Å². The molecule has 0 bridgehead atoms. The van der Waals surface area contributed by atoms with Crippen LogP contribution in [-0.4, -0.2) is 43.2 Å². The molecule has 1 aliphatic heterocycles. The molecule has 0 saturated heterocycles. The summed E-state index contributed by atoms with van der Waals surface area (Å²) in [5.41, 5.74) is 2.93. The molecule has 9 heteroatoms. The average molecular weight is 450 g/mol. The van der Waals surface area contributed by atoms with Crippen LogP contribution in [0.25, 0.3) is 10.2 Å². The van der Waals surface area contributed by atoms with Crippen LogP contribution in [0.2, 0.25) is 0 Å². The zero-order chi connectivity index (χ0) is 21.2. The molecule has 4 aromatic rings. The second-order valence-corrected chi connectivity index (χ2v) is 9.48. The zero-order valence-corrected chi connectivity index (χ0v) is 18.2. The smallest absolute Gasteiger partial charge is 0.261 e. The Morgan fingerprint density at radius 2 is 1.61 bits per heavy atom. The van der Waals surface area contributed by atoms with E-state index in [2.05, 4.69) is 21.4 Å². The fraction of sp³-hybridized carbons (Fsp3) is 0.227. The van der Waals surface area contributed by atoms with Crippen LogP contribution in [0, 0.1) is 0 Å². The number of amides is 2. The predicted octanol–water partition coefficient (Wildman–Crippen LogP) is 4.26. The summed E-state index contributed by atoms with van der Waals surface area (Å²) in [4.78, 5) is 30.7. The number of rotatable bonds is 8. The van der Waals surface area contributed by atoms with Gasteiger partial charge in [-0.25, -0.2) is 4.98 Å². The molecule has 0 saturated carbocycles. The number of aromatic nitrogens is 4. The summed E-state index contributed by atoms with van der Waals surface area (Å²) < 4.78 is 4.03. The zero-order valence-electron chi connectivity index (χ0n) is 16.6. The van der Waals surface area contributed by atoms with Crippen molar-refractivity contribution in [1.29, 1.82) is 0 Å². The number of thiazole rings is 1. The van der Waals surface area contributed by atoms with Gasteiger partial charge in [-0.3, -0.25) is 19.2 Å². The van der Waals surface area contributed by atoms with Gasteiger partial charge in [-0.1, -0.05) is 41.2 Å². The van der Waals surface area contributed by atoms with Crippen molar-refractivity contribution >= 4 is 45.1 Å². The van der Waals surface area contributed by atoms with Crippen molar-refractivity contribution in [3.63, 3.8) is 0 Å². The van der Waals surface area contributed by atoms with E-state index in [1.165, 1.54) is 9.60 Å². The van der Waals surface area contributed by atoms with Crippen molar-refractivity contribution in [1.82, 2.24) is 24.9 Å². The average Bonchev–Trinajstić information content (AvgIpc) is 3.48. The van der Waals surface area contributed by atoms with Gasteiger partial charge >= 0.3 is 0 Å². The third-order valence-electron chi connectivity index (χ3n) is 5.10. The standard InChI is InChI=1S/C22H19N5O2S2/c28-20-16-7-1-2-8-17(16)21(29)27(20)12-6-5-11-26-13-15(24-25-26)14-30-22-23-18-9-3-4-10-19(18)31-22/h1-4,7-10,13H,5-6,11-12,14H2. The van der Waals surface area contributed by atoms with Gasteiger partial charge < -0.3 is 0 Å². The molecule has 0 aliphatic carbocycles. The summed E-state index contributed by atoms with van der Waals surface area (Å²) in [6.07, 6.45) is 3.48. The quantitative estimate of drug-likeness (QED) is 0.227. The molecule has 0 unspecified atom stereocenters. The molecule has 0 atom stereocenters. The highest BCUT2D eigenvalue weighted by Crippen LogP contribution is 2.31. The van der Waals surface area contributed by atoms with Crippen LogP contribution in [0.15, 0.2) is 59.1 Å². The van der Waals surface area contributed by atoms with Crippen LogP contribution in [0.1, 0.15) is 39.3 Å². The fourth-order valence-electron chi connectivity index (χ4n) is 3.55. The number of hydrogen-bond donors (Lipinski definition) is 0. The fourth-order valence-corrected chi connectivity index (χ4v) is 5.49. The first-order valence-corrected chi connectivity index (χ1v) is 11.8. The van der Waals surface area contributed by atoms with Crippen LogP contribution in [0.3, 0.4) is 0 Å². The minimum atomic E-state index is -0.199. The maximum atomic E-state index is 12.4. The Hall–Kier alpha value is -3.04. The number of benzene rings is 2. The molecule has 3 heterocycles. The van der Waals surface area contributed by atoms with Crippen LogP contribution < -0.4 is 0 Å². The number of aryl methyl sites for hydroxylation is 1. The molecule has 0 radical (unpaired) electrons. The summed E-state index contributed by atoms with van der Waals surface area (Å²) >= 11 is 3.35. The number of imide groups is 1. The molecule has 156 valence electrons. The Morgan fingerprint density at radius 3 is 2.39 bits per heavy atom. The number of hydrogen-bond acceptors (Lipinski definition) is 7. The summed E-state index contributed by atoms with van der Waals surface area (Å²) in [6, 6.07) is 15.1. The van der Waals surface area contributed by atoms with Crippen molar-refractivity contribution < 1.29 is 9.59 Å². The summed E-state index contributed by atoms with van der Waals surface area (Å²) in [7, 11) is 0. The second-order valence-electron chi connectivity index (χ2n) is 7.22. The lowest BCUT2D eigenvalue weighted by atomic mass is 10.1. The lowest BCUT2D eigenvalue weighted by molar-refractivity contribution is 0.0651. The van der Waals surface area contributed by atoms with E-state index in [9.17, 15) is 9.59 Å². The molecule has 2 aromatic carbocycles. The Morgan fingerprint density at radius 1 is 0.903 bits per heavy atom. The van der Waals surface area contributed by atoms with E-state index in [0.717, 1.165) is 34.1 Å². The van der Waals surface area contributed by atoms with Gasteiger partial charge in [0.2, 0.25) is 0 Å². The van der Waals surface area contributed by atoms with Gasteiger partial charge in [0, 0.05) is 25.0 Å². The van der Waals surface area contributed by atoms with Gasteiger partial charge in [0.25, 0.3) is 11.8 Å². The van der Waals surface area contributed by atoms with E-state index in [0.29, 0.717) is 24.2 Å². The summed E-state index contributed by atoms with van der Waals surface area (Å²) in [5.74, 6) is 0.320.